The Hall–Kier alpha value is -1.98. The number of halogens is 3. The molecule has 1 aliphatic carbocycles. The van der Waals surface area contributed by atoms with Crippen molar-refractivity contribution in [1.29, 1.82) is 0 Å². The first-order valence-corrected chi connectivity index (χ1v) is 6.09. The zero-order chi connectivity index (χ0) is 13.6. The first-order valence-electron chi connectivity index (χ1n) is 6.09. The predicted molar refractivity (Wildman–Crippen MR) is 64.5 cm³/mol. The van der Waals surface area contributed by atoms with Gasteiger partial charge in [-0.05, 0) is 25.7 Å². The van der Waals surface area contributed by atoms with Crippen molar-refractivity contribution in [3.63, 3.8) is 0 Å². The van der Waals surface area contributed by atoms with Crippen LogP contribution in [0.2, 0.25) is 0 Å². The smallest absolute Gasteiger partial charge is 0.194 e. The van der Waals surface area contributed by atoms with Gasteiger partial charge in [0, 0.05) is 23.4 Å². The second-order valence-electron chi connectivity index (χ2n) is 4.65. The molecule has 0 amide bonds. The van der Waals surface area contributed by atoms with Crippen LogP contribution in [0.3, 0.4) is 0 Å². The fraction of sp³-hybridized carbons (Fsp3) is 0.308. The topological polar surface area (TPSA) is 43.8 Å². The first kappa shape index (κ1) is 12.1. The Morgan fingerprint density at radius 1 is 1.05 bits per heavy atom. The molecule has 0 saturated heterocycles. The third kappa shape index (κ3) is 1.87. The van der Waals surface area contributed by atoms with E-state index in [0.717, 1.165) is 49.1 Å². The van der Waals surface area contributed by atoms with E-state index in [2.05, 4.69) is 5.10 Å². The van der Waals surface area contributed by atoms with Gasteiger partial charge in [-0.15, -0.1) is 0 Å². The number of nitrogens with zero attached hydrogens (tertiary/aromatic N) is 2. The highest BCUT2D eigenvalue weighted by molar-refractivity contribution is 5.48. The highest BCUT2D eigenvalue weighted by Gasteiger charge is 2.21. The Bertz CT molecular complexity index is 626. The molecule has 6 heteroatoms. The average Bonchev–Trinajstić information content (AvgIpc) is 2.74. The Morgan fingerprint density at radius 2 is 1.68 bits per heavy atom. The van der Waals surface area contributed by atoms with Gasteiger partial charge in [0.25, 0.3) is 0 Å². The number of hydrogen-bond acceptors (Lipinski definition) is 2. The fourth-order valence-electron chi connectivity index (χ4n) is 2.51. The fourth-order valence-corrected chi connectivity index (χ4v) is 2.51. The standard InChI is InChI=1S/C13H12F3N3/c14-9-5-7(6-10(15)12(9)16)19-11-4-2-1-3-8(11)13(17)18-19/h5-6H,1-4H2,(H2,17,18). The Morgan fingerprint density at radius 3 is 2.37 bits per heavy atom. The Balaban J connectivity index is 2.17. The van der Waals surface area contributed by atoms with Crippen molar-refractivity contribution < 1.29 is 13.2 Å². The number of anilines is 1. The first-order chi connectivity index (χ1) is 9.08. The summed E-state index contributed by atoms with van der Waals surface area (Å²) < 4.78 is 40.9. The minimum absolute atomic E-state index is 0.159. The molecule has 0 atom stereocenters. The second kappa shape index (κ2) is 4.29. The number of aromatic nitrogens is 2. The van der Waals surface area contributed by atoms with Gasteiger partial charge in [0.2, 0.25) is 0 Å². The molecule has 0 saturated carbocycles. The van der Waals surface area contributed by atoms with Gasteiger partial charge in [-0.2, -0.15) is 5.10 Å². The Kier molecular flexibility index (Phi) is 2.73. The molecule has 0 unspecified atom stereocenters. The van der Waals surface area contributed by atoms with Crippen LogP contribution in [-0.4, -0.2) is 9.78 Å². The monoisotopic (exact) mass is 267 g/mol. The highest BCUT2D eigenvalue weighted by atomic mass is 19.2. The summed E-state index contributed by atoms with van der Waals surface area (Å²) in [6, 6.07) is 1.86. The van der Waals surface area contributed by atoms with E-state index in [1.165, 1.54) is 4.68 Å². The van der Waals surface area contributed by atoms with E-state index >= 15 is 0 Å². The summed E-state index contributed by atoms with van der Waals surface area (Å²) in [5.74, 6) is -3.56. The van der Waals surface area contributed by atoms with E-state index in [1.54, 1.807) is 0 Å². The lowest BCUT2D eigenvalue weighted by molar-refractivity contribution is 0.445. The van der Waals surface area contributed by atoms with E-state index in [0.29, 0.717) is 5.82 Å². The maximum Gasteiger partial charge on any atom is 0.194 e. The molecule has 3 rings (SSSR count). The van der Waals surface area contributed by atoms with Crippen LogP contribution in [0, 0.1) is 17.5 Å². The summed E-state index contributed by atoms with van der Waals surface area (Å²) in [6.07, 6.45) is 3.56. The van der Waals surface area contributed by atoms with Gasteiger partial charge in [0.1, 0.15) is 5.82 Å². The molecule has 2 aromatic rings. The summed E-state index contributed by atoms with van der Waals surface area (Å²) in [4.78, 5) is 0. The molecular formula is C13H12F3N3. The van der Waals surface area contributed by atoms with Crippen molar-refractivity contribution in [3.05, 3.63) is 40.8 Å². The average molecular weight is 267 g/mol. The van der Waals surface area contributed by atoms with Crippen molar-refractivity contribution >= 4 is 5.82 Å². The molecule has 100 valence electrons. The zero-order valence-electron chi connectivity index (χ0n) is 10.1. The molecule has 0 radical (unpaired) electrons. The van der Waals surface area contributed by atoms with Crippen LogP contribution < -0.4 is 5.73 Å². The summed E-state index contributed by atoms with van der Waals surface area (Å²) in [5.41, 5.74) is 7.75. The molecule has 1 aliphatic rings. The van der Waals surface area contributed by atoms with Crippen molar-refractivity contribution in [3.8, 4) is 5.69 Å². The lowest BCUT2D eigenvalue weighted by Gasteiger charge is -2.14. The summed E-state index contributed by atoms with van der Waals surface area (Å²) in [6.45, 7) is 0. The van der Waals surface area contributed by atoms with E-state index in [1.807, 2.05) is 0 Å². The van der Waals surface area contributed by atoms with Crippen molar-refractivity contribution in [2.24, 2.45) is 0 Å². The minimum Gasteiger partial charge on any atom is -0.382 e. The summed E-state index contributed by atoms with van der Waals surface area (Å²) >= 11 is 0. The van der Waals surface area contributed by atoms with Gasteiger partial charge in [-0.1, -0.05) is 0 Å². The van der Waals surface area contributed by atoms with Gasteiger partial charge in [-0.25, -0.2) is 17.9 Å². The summed E-state index contributed by atoms with van der Waals surface area (Å²) in [5, 5.41) is 4.11. The van der Waals surface area contributed by atoms with Crippen LogP contribution in [0.1, 0.15) is 24.1 Å². The minimum atomic E-state index is -1.47. The molecule has 0 aliphatic heterocycles. The van der Waals surface area contributed by atoms with Crippen LogP contribution in [0.4, 0.5) is 19.0 Å². The van der Waals surface area contributed by atoms with Crippen molar-refractivity contribution in [2.75, 3.05) is 5.73 Å². The predicted octanol–water partition coefficient (Wildman–Crippen LogP) is 2.75. The maximum atomic E-state index is 13.3. The maximum absolute atomic E-state index is 13.3. The van der Waals surface area contributed by atoms with Crippen LogP contribution in [0.5, 0.6) is 0 Å². The van der Waals surface area contributed by atoms with Crippen molar-refractivity contribution in [1.82, 2.24) is 9.78 Å². The number of rotatable bonds is 1. The van der Waals surface area contributed by atoms with E-state index < -0.39 is 17.5 Å². The van der Waals surface area contributed by atoms with Crippen LogP contribution in [-0.2, 0) is 12.8 Å². The second-order valence-corrected chi connectivity index (χ2v) is 4.65. The van der Waals surface area contributed by atoms with E-state index in [9.17, 15) is 13.2 Å². The van der Waals surface area contributed by atoms with E-state index in [4.69, 9.17) is 5.73 Å². The van der Waals surface area contributed by atoms with Crippen LogP contribution in [0.15, 0.2) is 12.1 Å². The number of benzene rings is 1. The Labute approximate surface area is 107 Å². The number of hydrogen-bond donors (Lipinski definition) is 1. The SMILES string of the molecule is Nc1nn(-c2cc(F)c(F)c(F)c2)c2c1CCCC2. The summed E-state index contributed by atoms with van der Waals surface area (Å²) in [7, 11) is 0. The quantitative estimate of drug-likeness (QED) is 0.807. The van der Waals surface area contributed by atoms with Gasteiger partial charge in [-0.3, -0.25) is 0 Å². The molecule has 1 heterocycles. The normalized spacial score (nSPS) is 14.5. The lowest BCUT2D eigenvalue weighted by atomic mass is 9.97. The van der Waals surface area contributed by atoms with Gasteiger partial charge < -0.3 is 5.73 Å². The third-order valence-electron chi connectivity index (χ3n) is 3.42. The van der Waals surface area contributed by atoms with Gasteiger partial charge in [0.05, 0.1) is 5.69 Å². The molecule has 1 aromatic heterocycles. The van der Waals surface area contributed by atoms with Gasteiger partial charge >= 0.3 is 0 Å². The molecule has 1 aromatic carbocycles. The molecule has 0 spiro atoms. The van der Waals surface area contributed by atoms with Gasteiger partial charge in [0.15, 0.2) is 17.5 Å². The van der Waals surface area contributed by atoms with Crippen molar-refractivity contribution in [2.45, 2.75) is 25.7 Å². The largest absolute Gasteiger partial charge is 0.382 e. The number of nitrogens with two attached hydrogens (primary N) is 1. The highest BCUT2D eigenvalue weighted by Crippen LogP contribution is 2.29. The molecule has 2 N–H and O–H groups in total. The third-order valence-corrected chi connectivity index (χ3v) is 3.42. The lowest BCUT2D eigenvalue weighted by Crippen LogP contribution is -2.09. The molecule has 19 heavy (non-hydrogen) atoms. The number of fused-ring (bicyclic) bond motifs is 1. The molecule has 0 bridgehead atoms. The van der Waals surface area contributed by atoms with Crippen LogP contribution >= 0.6 is 0 Å². The zero-order valence-corrected chi connectivity index (χ0v) is 10.1. The van der Waals surface area contributed by atoms with E-state index in [-0.39, 0.29) is 5.69 Å². The molecule has 0 fully saturated rings. The van der Waals surface area contributed by atoms with Crippen LogP contribution in [0.25, 0.3) is 5.69 Å². The molecular weight excluding hydrogens is 255 g/mol. The number of nitrogen functional groups attached to an aromatic ring is 1. The molecule has 3 nitrogen and oxygen atoms in total.